The zero-order valence-corrected chi connectivity index (χ0v) is 10.4. The number of carbonyl (C=O) groups is 1. The highest BCUT2D eigenvalue weighted by molar-refractivity contribution is 7.21. The molecule has 4 nitrogen and oxygen atoms in total. The van der Waals surface area contributed by atoms with E-state index in [1.807, 2.05) is 24.3 Å². The maximum absolute atomic E-state index is 11.6. The molecule has 17 heavy (non-hydrogen) atoms. The van der Waals surface area contributed by atoms with Gasteiger partial charge in [-0.05, 0) is 12.1 Å². The Morgan fingerprint density at radius 3 is 2.76 bits per heavy atom. The van der Waals surface area contributed by atoms with Gasteiger partial charge in [0.1, 0.15) is 0 Å². The van der Waals surface area contributed by atoms with E-state index in [2.05, 4.69) is 0 Å². The molecule has 0 aliphatic heterocycles. The van der Waals surface area contributed by atoms with E-state index in [-0.39, 0.29) is 6.79 Å². The second-order valence-electron chi connectivity index (χ2n) is 3.30. The summed E-state index contributed by atoms with van der Waals surface area (Å²) in [7, 11) is 2.89. The Kier molecular flexibility index (Phi) is 3.61. The van der Waals surface area contributed by atoms with E-state index in [9.17, 15) is 4.79 Å². The first-order chi connectivity index (χ1) is 8.27. The van der Waals surface area contributed by atoms with Crippen LogP contribution in [0.4, 0.5) is 0 Å². The van der Waals surface area contributed by atoms with Gasteiger partial charge in [0.15, 0.2) is 17.4 Å². The van der Waals surface area contributed by atoms with Gasteiger partial charge in [0.2, 0.25) is 0 Å². The van der Waals surface area contributed by atoms with E-state index in [0.29, 0.717) is 10.6 Å². The molecule has 90 valence electrons. The van der Waals surface area contributed by atoms with Gasteiger partial charge in [-0.2, -0.15) is 0 Å². The van der Waals surface area contributed by atoms with E-state index >= 15 is 0 Å². The second-order valence-corrected chi connectivity index (χ2v) is 4.35. The average molecular weight is 252 g/mol. The number of thiophene rings is 1. The minimum absolute atomic E-state index is 0.102. The molecule has 0 fully saturated rings. The molecule has 0 radical (unpaired) electrons. The van der Waals surface area contributed by atoms with E-state index < -0.39 is 5.97 Å². The van der Waals surface area contributed by atoms with Gasteiger partial charge in [-0.3, -0.25) is 0 Å². The molecule has 0 amide bonds. The lowest BCUT2D eigenvalue weighted by atomic mass is 10.2. The molecule has 5 heteroatoms. The van der Waals surface area contributed by atoms with Crippen LogP contribution >= 0.6 is 11.3 Å². The number of hydrogen-bond donors (Lipinski definition) is 0. The smallest absolute Gasteiger partial charge is 0.351 e. The van der Waals surface area contributed by atoms with Crippen LogP contribution in [0.25, 0.3) is 10.1 Å². The Hall–Kier alpha value is -1.59. The Morgan fingerprint density at radius 2 is 2.06 bits per heavy atom. The lowest BCUT2D eigenvalue weighted by Crippen LogP contribution is -2.04. The molecular formula is C12H12O4S. The largest absolute Gasteiger partial charge is 0.465 e. The average Bonchev–Trinajstić information content (AvgIpc) is 2.74. The summed E-state index contributed by atoms with van der Waals surface area (Å²) in [6.07, 6.45) is 0. The predicted molar refractivity (Wildman–Crippen MR) is 65.7 cm³/mol. The number of carbonyl (C=O) groups excluding carboxylic acids is 1. The van der Waals surface area contributed by atoms with Crippen LogP contribution in [0.15, 0.2) is 24.3 Å². The molecule has 2 aromatic rings. The summed E-state index contributed by atoms with van der Waals surface area (Å²) < 4.78 is 16.0. The maximum atomic E-state index is 11.6. The summed E-state index contributed by atoms with van der Waals surface area (Å²) in [5.74, 6) is 0.136. The highest BCUT2D eigenvalue weighted by atomic mass is 32.1. The fraction of sp³-hybridized carbons (Fsp3) is 0.250. The van der Waals surface area contributed by atoms with Crippen molar-refractivity contribution in [2.24, 2.45) is 0 Å². The standard InChI is InChI=1S/C12H12O4S/c1-14-7-16-10-8-5-3-4-6-9(8)17-11(10)12(13)15-2/h3-6H,7H2,1-2H3. The van der Waals surface area contributed by atoms with Gasteiger partial charge in [0.25, 0.3) is 0 Å². The molecule has 0 N–H and O–H groups in total. The summed E-state index contributed by atoms with van der Waals surface area (Å²) in [6.45, 7) is 0.102. The van der Waals surface area contributed by atoms with Crippen molar-refractivity contribution in [3.05, 3.63) is 29.1 Å². The molecule has 1 aromatic heterocycles. The number of hydrogen-bond acceptors (Lipinski definition) is 5. The van der Waals surface area contributed by atoms with Crippen molar-refractivity contribution < 1.29 is 19.0 Å². The SMILES string of the molecule is COCOc1c(C(=O)OC)sc2ccccc12. The lowest BCUT2D eigenvalue weighted by Gasteiger charge is -2.05. The van der Waals surface area contributed by atoms with Crippen LogP contribution in [-0.4, -0.2) is 27.0 Å². The minimum Gasteiger partial charge on any atom is -0.465 e. The van der Waals surface area contributed by atoms with Gasteiger partial charge in [0, 0.05) is 17.2 Å². The van der Waals surface area contributed by atoms with Gasteiger partial charge in [-0.1, -0.05) is 12.1 Å². The molecule has 0 aliphatic carbocycles. The van der Waals surface area contributed by atoms with Crippen molar-refractivity contribution in [3.63, 3.8) is 0 Å². The summed E-state index contributed by atoms with van der Waals surface area (Å²) in [5.41, 5.74) is 0. The van der Waals surface area contributed by atoms with E-state index in [1.165, 1.54) is 25.6 Å². The van der Waals surface area contributed by atoms with Crippen LogP contribution in [0, 0.1) is 0 Å². The zero-order valence-electron chi connectivity index (χ0n) is 9.56. The first-order valence-electron chi connectivity index (χ1n) is 4.99. The highest BCUT2D eigenvalue weighted by Gasteiger charge is 2.20. The zero-order chi connectivity index (χ0) is 12.3. The van der Waals surface area contributed by atoms with Crippen LogP contribution < -0.4 is 4.74 Å². The Balaban J connectivity index is 2.52. The Morgan fingerprint density at radius 1 is 1.29 bits per heavy atom. The molecule has 0 unspecified atom stereocenters. The topological polar surface area (TPSA) is 44.8 Å². The van der Waals surface area contributed by atoms with Gasteiger partial charge in [0.05, 0.1) is 7.11 Å². The van der Waals surface area contributed by atoms with Crippen LogP contribution in [0.2, 0.25) is 0 Å². The van der Waals surface area contributed by atoms with E-state index in [0.717, 1.165) is 10.1 Å². The maximum Gasteiger partial charge on any atom is 0.351 e. The predicted octanol–water partition coefficient (Wildman–Crippen LogP) is 2.67. The monoisotopic (exact) mass is 252 g/mol. The lowest BCUT2D eigenvalue weighted by molar-refractivity contribution is 0.0481. The van der Waals surface area contributed by atoms with Crippen molar-refractivity contribution in [3.8, 4) is 5.75 Å². The molecule has 1 aromatic carbocycles. The molecule has 0 saturated heterocycles. The molecule has 0 aliphatic rings. The fourth-order valence-corrected chi connectivity index (χ4v) is 2.58. The number of fused-ring (bicyclic) bond motifs is 1. The molecule has 1 heterocycles. The van der Waals surface area contributed by atoms with Crippen LogP contribution in [0.3, 0.4) is 0 Å². The van der Waals surface area contributed by atoms with Crippen molar-refractivity contribution in [1.82, 2.24) is 0 Å². The third-order valence-corrected chi connectivity index (χ3v) is 3.37. The van der Waals surface area contributed by atoms with Crippen molar-refractivity contribution in [2.75, 3.05) is 21.0 Å². The number of rotatable bonds is 4. The summed E-state index contributed by atoms with van der Waals surface area (Å²) >= 11 is 1.35. The highest BCUT2D eigenvalue weighted by Crippen LogP contribution is 2.38. The van der Waals surface area contributed by atoms with Crippen molar-refractivity contribution in [1.29, 1.82) is 0 Å². The first kappa shape index (κ1) is 11.9. The molecular weight excluding hydrogens is 240 g/mol. The number of esters is 1. The molecule has 2 rings (SSSR count). The quantitative estimate of drug-likeness (QED) is 0.620. The summed E-state index contributed by atoms with van der Waals surface area (Å²) in [4.78, 5) is 12.1. The van der Waals surface area contributed by atoms with E-state index in [4.69, 9.17) is 14.2 Å². The van der Waals surface area contributed by atoms with Crippen molar-refractivity contribution in [2.45, 2.75) is 0 Å². The summed E-state index contributed by atoms with van der Waals surface area (Å²) in [5, 5.41) is 0.898. The van der Waals surface area contributed by atoms with Crippen molar-refractivity contribution >= 4 is 27.4 Å². The Bertz CT molecular complexity index is 532. The minimum atomic E-state index is -0.391. The number of ether oxygens (including phenoxy) is 3. The van der Waals surface area contributed by atoms with Gasteiger partial charge in [-0.25, -0.2) is 4.79 Å². The molecule has 0 bridgehead atoms. The number of methoxy groups -OCH3 is 2. The van der Waals surface area contributed by atoms with Crippen LogP contribution in [0.1, 0.15) is 9.67 Å². The molecule has 0 saturated carbocycles. The fourth-order valence-electron chi connectivity index (χ4n) is 1.51. The van der Waals surface area contributed by atoms with Crippen LogP contribution in [0.5, 0.6) is 5.75 Å². The first-order valence-corrected chi connectivity index (χ1v) is 5.81. The summed E-state index contributed by atoms with van der Waals surface area (Å²) in [6, 6.07) is 7.66. The van der Waals surface area contributed by atoms with Gasteiger partial charge >= 0.3 is 5.97 Å². The molecule has 0 atom stereocenters. The van der Waals surface area contributed by atoms with Crippen LogP contribution in [-0.2, 0) is 9.47 Å². The number of benzene rings is 1. The Labute approximate surface area is 103 Å². The van der Waals surface area contributed by atoms with Gasteiger partial charge in [-0.15, -0.1) is 11.3 Å². The third kappa shape index (κ3) is 2.25. The van der Waals surface area contributed by atoms with Gasteiger partial charge < -0.3 is 14.2 Å². The second kappa shape index (κ2) is 5.16. The normalized spacial score (nSPS) is 10.5. The third-order valence-electron chi connectivity index (χ3n) is 2.24. The van der Waals surface area contributed by atoms with E-state index in [1.54, 1.807) is 0 Å². The molecule has 0 spiro atoms.